The number of benzene rings is 1. The van der Waals surface area contributed by atoms with Crippen LogP contribution in [0, 0.1) is 0 Å². The third-order valence-electron chi connectivity index (χ3n) is 6.63. The number of rotatable bonds is 8. The molecule has 212 valence electrons. The van der Waals surface area contributed by atoms with Gasteiger partial charge in [0.1, 0.15) is 30.7 Å². The number of carbonyl (C=O) groups excluding carboxylic acids is 1. The summed E-state index contributed by atoms with van der Waals surface area (Å²) >= 11 is 3.58. The van der Waals surface area contributed by atoms with Crippen molar-refractivity contribution >= 4 is 44.9 Å². The zero-order chi connectivity index (χ0) is 28.6. The smallest absolute Gasteiger partial charge is 0.341 e. The molecule has 0 saturated carbocycles. The van der Waals surface area contributed by atoms with E-state index in [1.54, 1.807) is 10.9 Å². The molecule has 15 heteroatoms. The SMILES string of the molecule is CCNC(=O)Nc1ncnc2c1ncn2C1OCC2OC(COc3ncccc3C(=O)O)(c3ccccc3Br)OC21. The summed E-state index contributed by atoms with van der Waals surface area (Å²) in [6, 6.07) is 9.89. The third-order valence-corrected chi connectivity index (χ3v) is 7.33. The van der Waals surface area contributed by atoms with Gasteiger partial charge in [0.25, 0.3) is 0 Å². The highest BCUT2D eigenvalue weighted by Crippen LogP contribution is 2.47. The van der Waals surface area contributed by atoms with E-state index in [1.807, 2.05) is 31.2 Å². The minimum atomic E-state index is -1.43. The number of pyridine rings is 1. The average molecular weight is 626 g/mol. The van der Waals surface area contributed by atoms with Crippen molar-refractivity contribution in [2.75, 3.05) is 25.1 Å². The number of hydrogen-bond donors (Lipinski definition) is 3. The lowest BCUT2D eigenvalue weighted by Gasteiger charge is -2.31. The lowest BCUT2D eigenvalue weighted by molar-refractivity contribution is -0.229. The van der Waals surface area contributed by atoms with Gasteiger partial charge in [-0.25, -0.2) is 29.5 Å². The molecule has 0 spiro atoms. The lowest BCUT2D eigenvalue weighted by Crippen LogP contribution is -2.38. The summed E-state index contributed by atoms with van der Waals surface area (Å²) in [4.78, 5) is 40.9. The second-order valence-corrected chi connectivity index (χ2v) is 10.0. The van der Waals surface area contributed by atoms with E-state index in [0.717, 1.165) is 0 Å². The van der Waals surface area contributed by atoms with Crippen LogP contribution in [0.2, 0.25) is 0 Å². The Bertz CT molecular complexity index is 1620. The average Bonchev–Trinajstić information content (AvgIpc) is 3.66. The number of hydrogen-bond acceptors (Lipinski definition) is 10. The number of aromatic nitrogens is 5. The van der Waals surface area contributed by atoms with Crippen LogP contribution in [-0.2, 0) is 20.0 Å². The molecule has 4 aromatic rings. The normalized spacial score (nSPS) is 23.3. The van der Waals surface area contributed by atoms with Crippen LogP contribution >= 0.6 is 15.9 Å². The molecule has 2 aliphatic heterocycles. The summed E-state index contributed by atoms with van der Waals surface area (Å²) in [5.74, 6) is -2.41. The van der Waals surface area contributed by atoms with Crippen LogP contribution in [0.1, 0.15) is 29.1 Å². The first-order chi connectivity index (χ1) is 19.9. The van der Waals surface area contributed by atoms with E-state index in [4.69, 9.17) is 18.9 Å². The lowest BCUT2D eigenvalue weighted by atomic mass is 10.1. The Kier molecular flexibility index (Phi) is 7.25. The van der Waals surface area contributed by atoms with E-state index in [2.05, 4.69) is 46.5 Å². The largest absolute Gasteiger partial charge is 0.477 e. The van der Waals surface area contributed by atoms with E-state index < -0.39 is 36.2 Å². The Hall–Kier alpha value is -4.18. The van der Waals surface area contributed by atoms with Crippen LogP contribution in [0.15, 0.2) is 59.7 Å². The van der Waals surface area contributed by atoms with E-state index in [1.165, 1.54) is 24.7 Å². The number of urea groups is 1. The first-order valence-electron chi connectivity index (χ1n) is 12.7. The molecular weight excluding hydrogens is 602 g/mol. The summed E-state index contributed by atoms with van der Waals surface area (Å²) in [5, 5.41) is 14.9. The Morgan fingerprint density at radius 3 is 2.83 bits per heavy atom. The van der Waals surface area contributed by atoms with Gasteiger partial charge in [-0.05, 0) is 25.1 Å². The van der Waals surface area contributed by atoms with Gasteiger partial charge in [0, 0.05) is 22.8 Å². The summed E-state index contributed by atoms with van der Waals surface area (Å²) in [5.41, 5.74) is 1.36. The van der Waals surface area contributed by atoms with Gasteiger partial charge < -0.3 is 29.4 Å². The predicted molar refractivity (Wildman–Crippen MR) is 145 cm³/mol. The maximum absolute atomic E-state index is 12.1. The molecule has 4 unspecified atom stereocenters. The van der Waals surface area contributed by atoms with E-state index in [0.29, 0.717) is 27.7 Å². The molecule has 6 rings (SSSR count). The van der Waals surface area contributed by atoms with Crippen molar-refractivity contribution in [2.24, 2.45) is 0 Å². The molecule has 4 atom stereocenters. The van der Waals surface area contributed by atoms with Crippen molar-refractivity contribution in [3.63, 3.8) is 0 Å². The van der Waals surface area contributed by atoms with Crippen LogP contribution in [0.4, 0.5) is 10.6 Å². The molecule has 0 bridgehead atoms. The Labute approximate surface area is 241 Å². The van der Waals surface area contributed by atoms with Crippen molar-refractivity contribution in [3.8, 4) is 5.88 Å². The standard InChI is InChI=1S/C26H24BrN7O7/c1-2-28-25(37)33-20-18-21(31-12-30-20)34(13-32-18)23-19-17(10-38-23)40-26(41-19,15-7-3-4-8-16(15)27)11-39-22-14(24(35)36)6-5-9-29-22/h3-9,12-13,17,19,23H,2,10-11H2,1H3,(H,35,36)(H2,28,30,31,33,37). The van der Waals surface area contributed by atoms with E-state index >= 15 is 0 Å². The van der Waals surface area contributed by atoms with Crippen molar-refractivity contribution in [1.82, 2.24) is 29.8 Å². The van der Waals surface area contributed by atoms with Crippen LogP contribution in [0.3, 0.4) is 0 Å². The van der Waals surface area contributed by atoms with Gasteiger partial charge in [0.15, 0.2) is 23.2 Å². The fourth-order valence-corrected chi connectivity index (χ4v) is 5.44. The highest BCUT2D eigenvalue weighted by molar-refractivity contribution is 9.10. The maximum Gasteiger partial charge on any atom is 0.341 e. The molecule has 5 heterocycles. The zero-order valence-corrected chi connectivity index (χ0v) is 23.1. The van der Waals surface area contributed by atoms with Crippen LogP contribution in [0.5, 0.6) is 5.88 Å². The highest BCUT2D eigenvalue weighted by Gasteiger charge is 2.57. The molecule has 3 aromatic heterocycles. The van der Waals surface area contributed by atoms with Crippen molar-refractivity contribution in [1.29, 1.82) is 0 Å². The first-order valence-corrected chi connectivity index (χ1v) is 13.4. The number of halogens is 1. The summed E-state index contributed by atoms with van der Waals surface area (Å²) in [7, 11) is 0. The molecule has 0 aliphatic carbocycles. The number of anilines is 1. The number of imidazole rings is 1. The summed E-state index contributed by atoms with van der Waals surface area (Å²) < 4.78 is 27.5. The molecule has 2 fully saturated rings. The first kappa shape index (κ1) is 27.0. The van der Waals surface area contributed by atoms with Crippen molar-refractivity contribution in [3.05, 3.63) is 70.8 Å². The zero-order valence-electron chi connectivity index (χ0n) is 21.6. The topological polar surface area (TPSA) is 172 Å². The number of ether oxygens (including phenoxy) is 4. The van der Waals surface area contributed by atoms with Crippen LogP contribution in [0.25, 0.3) is 11.2 Å². The van der Waals surface area contributed by atoms with Crippen LogP contribution in [-0.4, -0.2) is 73.6 Å². The maximum atomic E-state index is 12.1. The molecule has 2 aliphatic rings. The molecular formula is C26H24BrN7O7. The summed E-state index contributed by atoms with van der Waals surface area (Å²) in [6.45, 7) is 2.26. The van der Waals surface area contributed by atoms with Crippen molar-refractivity contribution in [2.45, 2.75) is 31.1 Å². The molecule has 2 saturated heterocycles. The van der Waals surface area contributed by atoms with Gasteiger partial charge in [-0.15, -0.1) is 0 Å². The molecule has 1 aromatic carbocycles. The number of carboxylic acids is 1. The van der Waals surface area contributed by atoms with Gasteiger partial charge in [0.2, 0.25) is 11.7 Å². The van der Waals surface area contributed by atoms with Gasteiger partial charge in [-0.1, -0.05) is 34.1 Å². The van der Waals surface area contributed by atoms with Crippen molar-refractivity contribution < 1.29 is 33.6 Å². The number of aromatic carboxylic acids is 1. The summed E-state index contributed by atoms with van der Waals surface area (Å²) in [6.07, 6.45) is 2.49. The fourth-order valence-electron chi connectivity index (χ4n) is 4.85. The van der Waals surface area contributed by atoms with Gasteiger partial charge >= 0.3 is 12.0 Å². The molecule has 2 amide bonds. The second kappa shape index (κ2) is 11.0. The quantitative estimate of drug-likeness (QED) is 0.263. The minimum absolute atomic E-state index is 0.0621. The Balaban J connectivity index is 1.32. The van der Waals surface area contributed by atoms with Gasteiger partial charge in [0.05, 0.1) is 12.9 Å². The number of nitrogens with zero attached hydrogens (tertiary/aromatic N) is 5. The van der Waals surface area contributed by atoms with E-state index in [9.17, 15) is 14.7 Å². The Morgan fingerprint density at radius 2 is 2.02 bits per heavy atom. The predicted octanol–water partition coefficient (Wildman–Crippen LogP) is 3.07. The number of carbonyl (C=O) groups is 2. The molecule has 3 N–H and O–H groups in total. The monoisotopic (exact) mass is 625 g/mol. The van der Waals surface area contributed by atoms with E-state index in [-0.39, 0.29) is 30.5 Å². The molecule has 0 radical (unpaired) electrons. The van der Waals surface area contributed by atoms with Crippen LogP contribution < -0.4 is 15.4 Å². The number of carboxylic acid groups (broad SMARTS) is 1. The Morgan fingerprint density at radius 1 is 1.17 bits per heavy atom. The second-order valence-electron chi connectivity index (χ2n) is 9.18. The van der Waals surface area contributed by atoms with Gasteiger partial charge in [-0.2, -0.15) is 0 Å². The van der Waals surface area contributed by atoms with Gasteiger partial charge in [-0.3, -0.25) is 9.88 Å². The number of fused-ring (bicyclic) bond motifs is 2. The molecule has 41 heavy (non-hydrogen) atoms. The third kappa shape index (κ3) is 4.97. The molecule has 14 nitrogen and oxygen atoms in total. The fraction of sp³-hybridized carbons (Fsp3) is 0.308. The number of amides is 2. The number of nitrogens with one attached hydrogen (secondary N) is 2. The highest BCUT2D eigenvalue weighted by atomic mass is 79.9. The minimum Gasteiger partial charge on any atom is -0.477 e.